The van der Waals surface area contributed by atoms with Crippen LogP contribution in [0.1, 0.15) is 84.5 Å². The van der Waals surface area contributed by atoms with E-state index in [9.17, 15) is 18.1 Å². The first-order valence-electron chi connectivity index (χ1n) is 8.06. The van der Waals surface area contributed by atoms with Crippen molar-refractivity contribution in [2.45, 2.75) is 95.8 Å². The Morgan fingerprint density at radius 3 is 1.71 bits per heavy atom. The van der Waals surface area contributed by atoms with Crippen LogP contribution in [-0.4, -0.2) is 29.4 Å². The Balaban J connectivity index is 0. The molecule has 0 aliphatic rings. The number of hydrogen-bond donors (Lipinski definition) is 1. The minimum atomic E-state index is -4.38. The minimum absolute atomic E-state index is 0. The summed E-state index contributed by atoms with van der Waals surface area (Å²) >= 11 is 0. The molecule has 0 aliphatic carbocycles. The second kappa shape index (κ2) is 14.5. The van der Waals surface area contributed by atoms with E-state index in [2.05, 4.69) is 6.92 Å². The van der Waals surface area contributed by atoms with E-state index in [4.69, 9.17) is 0 Å². The van der Waals surface area contributed by atoms with Crippen LogP contribution < -0.4 is 29.6 Å². The maximum absolute atomic E-state index is 11.1. The molecule has 0 spiro atoms. The average molecular weight is 330 g/mol. The largest absolute Gasteiger partial charge is 1.00 e. The Morgan fingerprint density at radius 1 is 0.905 bits per heavy atom. The predicted molar refractivity (Wildman–Crippen MR) is 81.6 cm³/mol. The summed E-state index contributed by atoms with van der Waals surface area (Å²) in [7, 11) is -4.38. The summed E-state index contributed by atoms with van der Waals surface area (Å²) in [6.07, 6.45) is 9.86. The van der Waals surface area contributed by atoms with Crippen LogP contribution in [0.4, 0.5) is 0 Å². The summed E-state index contributed by atoms with van der Waals surface area (Å²) in [5.41, 5.74) is 0. The van der Waals surface area contributed by atoms with Gasteiger partial charge < -0.3 is 9.66 Å². The van der Waals surface area contributed by atoms with Gasteiger partial charge in [-0.3, -0.25) is 0 Å². The first kappa shape index (κ1) is 24.1. The molecule has 0 heterocycles. The van der Waals surface area contributed by atoms with Crippen LogP contribution in [0.3, 0.4) is 0 Å². The fourth-order valence-electron chi connectivity index (χ4n) is 2.45. The molecule has 1 N–H and O–H groups in total. The van der Waals surface area contributed by atoms with E-state index < -0.39 is 21.5 Å². The Morgan fingerprint density at radius 2 is 1.33 bits per heavy atom. The van der Waals surface area contributed by atoms with E-state index in [1.807, 2.05) is 0 Å². The maximum Gasteiger partial charge on any atom is 1.00 e. The maximum atomic E-state index is 11.1. The fraction of sp³-hybridized carbons (Fsp3) is 1.00. The topological polar surface area (TPSA) is 77.4 Å². The van der Waals surface area contributed by atoms with Gasteiger partial charge in [-0.25, -0.2) is 8.42 Å². The molecule has 0 saturated carbocycles. The van der Waals surface area contributed by atoms with Crippen LogP contribution in [0.2, 0.25) is 0 Å². The molecule has 0 aromatic rings. The third-order valence-corrected chi connectivity index (χ3v) is 5.10. The van der Waals surface area contributed by atoms with Gasteiger partial charge in [0.15, 0.2) is 0 Å². The molecule has 0 aliphatic heterocycles. The van der Waals surface area contributed by atoms with Gasteiger partial charge in [-0.15, -0.1) is 0 Å². The molecular formula is C15H31NaO4S. The van der Waals surface area contributed by atoms with Gasteiger partial charge in [0.2, 0.25) is 0 Å². The van der Waals surface area contributed by atoms with E-state index >= 15 is 0 Å². The summed E-state index contributed by atoms with van der Waals surface area (Å²) in [5.74, 6) is 0. The third kappa shape index (κ3) is 13.0. The second-order valence-corrected chi connectivity index (χ2v) is 7.22. The van der Waals surface area contributed by atoms with Gasteiger partial charge in [0.25, 0.3) is 0 Å². The van der Waals surface area contributed by atoms with Gasteiger partial charge in [-0.05, 0) is 12.8 Å². The van der Waals surface area contributed by atoms with Gasteiger partial charge >= 0.3 is 29.6 Å². The molecule has 4 nitrogen and oxygen atoms in total. The van der Waals surface area contributed by atoms with Gasteiger partial charge in [-0.2, -0.15) is 0 Å². The molecule has 0 fully saturated rings. The molecule has 122 valence electrons. The Bertz CT molecular complexity index is 320. The van der Waals surface area contributed by atoms with Crippen LogP contribution in [0.5, 0.6) is 0 Å². The van der Waals surface area contributed by atoms with E-state index in [-0.39, 0.29) is 36.0 Å². The van der Waals surface area contributed by atoms with Crippen molar-refractivity contribution < 1.29 is 47.6 Å². The van der Waals surface area contributed by atoms with Gasteiger partial charge in [-0.1, -0.05) is 71.6 Å². The van der Waals surface area contributed by atoms with Gasteiger partial charge in [0.1, 0.15) is 10.1 Å². The number of rotatable bonds is 13. The zero-order valence-electron chi connectivity index (χ0n) is 14.0. The van der Waals surface area contributed by atoms with Gasteiger partial charge in [0.05, 0.1) is 11.4 Å². The molecule has 0 radical (unpaired) electrons. The van der Waals surface area contributed by atoms with Gasteiger partial charge in [0, 0.05) is 0 Å². The first-order chi connectivity index (χ1) is 9.43. The molecule has 0 aromatic carbocycles. The summed E-state index contributed by atoms with van der Waals surface area (Å²) in [6, 6.07) is 0. The van der Waals surface area contributed by atoms with Crippen molar-refractivity contribution in [3.63, 3.8) is 0 Å². The molecule has 2 atom stereocenters. The van der Waals surface area contributed by atoms with E-state index in [0.717, 1.165) is 12.8 Å². The molecule has 0 aromatic heterocycles. The van der Waals surface area contributed by atoms with E-state index in [1.165, 1.54) is 38.5 Å². The van der Waals surface area contributed by atoms with Crippen molar-refractivity contribution in [2.24, 2.45) is 0 Å². The zero-order chi connectivity index (χ0) is 15.4. The van der Waals surface area contributed by atoms with Crippen LogP contribution in [-0.2, 0) is 10.1 Å². The standard InChI is InChI=1S/C15H32O4S.Na/c1-3-5-6-7-8-9-10-11-12-13-15(14(16)4-2)20(17,18)19;/h14-16H,3-13H2,1-2H3,(H,17,18,19);/q;+1/p-1. The molecule has 2 unspecified atom stereocenters. The predicted octanol–water partition coefficient (Wildman–Crippen LogP) is 0.596. The zero-order valence-corrected chi connectivity index (χ0v) is 16.8. The number of aliphatic hydroxyl groups excluding tert-OH is 1. The first-order valence-corrected chi connectivity index (χ1v) is 9.53. The molecule has 0 rings (SSSR count). The average Bonchev–Trinajstić information content (AvgIpc) is 2.39. The van der Waals surface area contributed by atoms with Crippen molar-refractivity contribution in [3.8, 4) is 0 Å². The van der Waals surface area contributed by atoms with E-state index in [1.54, 1.807) is 6.92 Å². The van der Waals surface area contributed by atoms with Crippen LogP contribution in [0.25, 0.3) is 0 Å². The Hall–Kier alpha value is 0.870. The summed E-state index contributed by atoms with van der Waals surface area (Å²) in [6.45, 7) is 3.89. The van der Waals surface area contributed by atoms with Crippen molar-refractivity contribution in [1.82, 2.24) is 0 Å². The van der Waals surface area contributed by atoms with Crippen molar-refractivity contribution in [1.29, 1.82) is 0 Å². The quantitative estimate of drug-likeness (QED) is 0.305. The number of unbranched alkanes of at least 4 members (excludes halogenated alkanes) is 8. The van der Waals surface area contributed by atoms with Crippen LogP contribution in [0.15, 0.2) is 0 Å². The Labute approximate surface area is 153 Å². The molecular weight excluding hydrogens is 299 g/mol. The monoisotopic (exact) mass is 330 g/mol. The molecule has 21 heavy (non-hydrogen) atoms. The summed E-state index contributed by atoms with van der Waals surface area (Å²) in [5, 5.41) is 8.47. The van der Waals surface area contributed by atoms with Crippen molar-refractivity contribution in [3.05, 3.63) is 0 Å². The Kier molecular flexibility index (Phi) is 16.6. The molecule has 0 amide bonds. The van der Waals surface area contributed by atoms with Crippen LogP contribution >= 0.6 is 0 Å². The molecule has 6 heteroatoms. The van der Waals surface area contributed by atoms with Crippen molar-refractivity contribution >= 4 is 10.1 Å². The summed E-state index contributed by atoms with van der Waals surface area (Å²) in [4.78, 5) is 0. The second-order valence-electron chi connectivity index (χ2n) is 5.62. The molecule has 0 saturated heterocycles. The number of aliphatic hydroxyl groups is 1. The smallest absolute Gasteiger partial charge is 0.748 e. The fourth-order valence-corrected chi connectivity index (χ4v) is 3.48. The SMILES string of the molecule is CCCCCCCCCCCC(C(O)CC)S(=O)(=O)[O-].[Na+]. The minimum Gasteiger partial charge on any atom is -0.748 e. The van der Waals surface area contributed by atoms with Crippen LogP contribution in [0, 0.1) is 0 Å². The van der Waals surface area contributed by atoms with Crippen molar-refractivity contribution in [2.75, 3.05) is 0 Å². The normalized spacial score (nSPS) is 14.5. The summed E-state index contributed by atoms with van der Waals surface area (Å²) < 4.78 is 33.2. The number of hydrogen-bond acceptors (Lipinski definition) is 4. The molecule has 0 bridgehead atoms. The third-order valence-electron chi connectivity index (χ3n) is 3.81. The van der Waals surface area contributed by atoms with E-state index in [0.29, 0.717) is 12.8 Å².